The standard InChI is InChI=1S/C11H6Cl2OS/c12-8-3-1-7(2-4-8)11(14)9-5-6-10(13)15-9/h1-6H. The van der Waals surface area contributed by atoms with Gasteiger partial charge in [0.2, 0.25) is 5.78 Å². The Morgan fingerprint density at radius 2 is 1.67 bits per heavy atom. The van der Waals surface area contributed by atoms with E-state index in [9.17, 15) is 4.79 Å². The summed E-state index contributed by atoms with van der Waals surface area (Å²) in [4.78, 5) is 12.5. The zero-order valence-electron chi connectivity index (χ0n) is 7.54. The fourth-order valence-corrected chi connectivity index (χ4v) is 2.31. The number of rotatable bonds is 2. The summed E-state index contributed by atoms with van der Waals surface area (Å²) in [6.45, 7) is 0. The third-order valence-corrected chi connectivity index (χ3v) is 3.39. The third-order valence-electron chi connectivity index (χ3n) is 1.90. The molecule has 1 heterocycles. The van der Waals surface area contributed by atoms with Crippen molar-refractivity contribution in [2.75, 3.05) is 0 Å². The minimum absolute atomic E-state index is 0.0245. The van der Waals surface area contributed by atoms with Crippen LogP contribution in [0, 0.1) is 0 Å². The summed E-state index contributed by atoms with van der Waals surface area (Å²) in [7, 11) is 0. The molecule has 2 rings (SSSR count). The van der Waals surface area contributed by atoms with Gasteiger partial charge in [0.1, 0.15) is 0 Å². The van der Waals surface area contributed by atoms with E-state index in [1.165, 1.54) is 11.3 Å². The van der Waals surface area contributed by atoms with Gasteiger partial charge in [-0.15, -0.1) is 11.3 Å². The van der Waals surface area contributed by atoms with Gasteiger partial charge in [0.15, 0.2) is 0 Å². The van der Waals surface area contributed by atoms with Gasteiger partial charge in [0.05, 0.1) is 9.21 Å². The molecule has 1 nitrogen and oxygen atoms in total. The number of carbonyl (C=O) groups is 1. The molecule has 4 heteroatoms. The quantitative estimate of drug-likeness (QED) is 0.733. The third kappa shape index (κ3) is 2.40. The summed E-state index contributed by atoms with van der Waals surface area (Å²) < 4.78 is 0.618. The van der Waals surface area contributed by atoms with Gasteiger partial charge in [-0.2, -0.15) is 0 Å². The highest BCUT2D eigenvalue weighted by Crippen LogP contribution is 2.24. The molecule has 0 amide bonds. The van der Waals surface area contributed by atoms with E-state index in [0.29, 0.717) is 19.8 Å². The van der Waals surface area contributed by atoms with Gasteiger partial charge in [-0.25, -0.2) is 0 Å². The van der Waals surface area contributed by atoms with Crippen LogP contribution in [0.1, 0.15) is 15.2 Å². The molecule has 0 spiro atoms. The minimum Gasteiger partial charge on any atom is -0.288 e. The summed E-state index contributed by atoms with van der Waals surface area (Å²) in [6.07, 6.45) is 0. The van der Waals surface area contributed by atoms with E-state index in [1.54, 1.807) is 36.4 Å². The van der Waals surface area contributed by atoms with Crippen molar-refractivity contribution < 1.29 is 4.79 Å². The van der Waals surface area contributed by atoms with Crippen molar-refractivity contribution in [1.29, 1.82) is 0 Å². The molecule has 0 N–H and O–H groups in total. The summed E-state index contributed by atoms with van der Waals surface area (Å²) in [6, 6.07) is 10.3. The molecule has 0 saturated heterocycles. The van der Waals surface area contributed by atoms with Gasteiger partial charge < -0.3 is 0 Å². The normalized spacial score (nSPS) is 10.3. The Morgan fingerprint density at radius 3 is 2.20 bits per heavy atom. The average molecular weight is 257 g/mol. The predicted octanol–water partition coefficient (Wildman–Crippen LogP) is 4.29. The van der Waals surface area contributed by atoms with Gasteiger partial charge in [-0.1, -0.05) is 23.2 Å². The van der Waals surface area contributed by atoms with Crippen LogP contribution < -0.4 is 0 Å². The maximum absolute atomic E-state index is 11.9. The molecule has 0 aliphatic heterocycles. The van der Waals surface area contributed by atoms with Crippen molar-refractivity contribution in [2.24, 2.45) is 0 Å². The molecule has 0 fully saturated rings. The van der Waals surface area contributed by atoms with Gasteiger partial charge in [0, 0.05) is 10.6 Å². The molecule has 0 aliphatic carbocycles. The van der Waals surface area contributed by atoms with Crippen LogP contribution in [0.2, 0.25) is 9.36 Å². The lowest BCUT2D eigenvalue weighted by molar-refractivity contribution is 0.104. The molecule has 15 heavy (non-hydrogen) atoms. The van der Waals surface area contributed by atoms with Crippen LogP contribution in [-0.4, -0.2) is 5.78 Å². The van der Waals surface area contributed by atoms with E-state index >= 15 is 0 Å². The fraction of sp³-hybridized carbons (Fsp3) is 0. The molecule has 1 aromatic carbocycles. The van der Waals surface area contributed by atoms with Crippen LogP contribution >= 0.6 is 34.5 Å². The van der Waals surface area contributed by atoms with Crippen molar-refractivity contribution in [3.05, 3.63) is 56.2 Å². The van der Waals surface area contributed by atoms with Crippen molar-refractivity contribution in [2.45, 2.75) is 0 Å². The Morgan fingerprint density at radius 1 is 1.00 bits per heavy atom. The minimum atomic E-state index is -0.0245. The Balaban J connectivity index is 2.32. The second-order valence-corrected chi connectivity index (χ2v) is 5.09. The van der Waals surface area contributed by atoms with Gasteiger partial charge in [-0.3, -0.25) is 4.79 Å². The van der Waals surface area contributed by atoms with E-state index in [2.05, 4.69) is 0 Å². The number of halogens is 2. The van der Waals surface area contributed by atoms with E-state index < -0.39 is 0 Å². The molecule has 0 saturated carbocycles. The monoisotopic (exact) mass is 256 g/mol. The van der Waals surface area contributed by atoms with E-state index in [-0.39, 0.29) is 5.78 Å². The number of hydrogen-bond donors (Lipinski definition) is 0. The Kier molecular flexibility index (Phi) is 3.10. The van der Waals surface area contributed by atoms with Gasteiger partial charge >= 0.3 is 0 Å². The highest BCUT2D eigenvalue weighted by molar-refractivity contribution is 7.18. The lowest BCUT2D eigenvalue weighted by atomic mass is 10.1. The van der Waals surface area contributed by atoms with Crippen molar-refractivity contribution in [1.82, 2.24) is 0 Å². The van der Waals surface area contributed by atoms with Crippen LogP contribution in [0.4, 0.5) is 0 Å². The van der Waals surface area contributed by atoms with E-state index in [0.717, 1.165) is 0 Å². The number of carbonyl (C=O) groups excluding carboxylic acids is 1. The molecule has 0 atom stereocenters. The van der Waals surface area contributed by atoms with Crippen LogP contribution in [0.3, 0.4) is 0 Å². The van der Waals surface area contributed by atoms with Crippen LogP contribution in [0.5, 0.6) is 0 Å². The second kappa shape index (κ2) is 4.35. The lowest BCUT2D eigenvalue weighted by Gasteiger charge is -1.97. The van der Waals surface area contributed by atoms with Gasteiger partial charge in [-0.05, 0) is 36.4 Å². The summed E-state index contributed by atoms with van der Waals surface area (Å²) in [5, 5.41) is 0.621. The van der Waals surface area contributed by atoms with E-state index in [1.807, 2.05) is 0 Å². The molecular weight excluding hydrogens is 251 g/mol. The molecule has 1 aromatic heterocycles. The maximum Gasteiger partial charge on any atom is 0.202 e. The first-order valence-electron chi connectivity index (χ1n) is 4.22. The Labute approximate surface area is 101 Å². The molecule has 0 bridgehead atoms. The van der Waals surface area contributed by atoms with Crippen molar-refractivity contribution in [3.8, 4) is 0 Å². The molecule has 0 radical (unpaired) electrons. The first kappa shape index (κ1) is 10.7. The summed E-state index contributed by atoms with van der Waals surface area (Å²) in [5.74, 6) is -0.0245. The molecular formula is C11H6Cl2OS. The van der Waals surface area contributed by atoms with Crippen LogP contribution in [-0.2, 0) is 0 Å². The highest BCUT2D eigenvalue weighted by Gasteiger charge is 2.10. The first-order valence-corrected chi connectivity index (χ1v) is 5.79. The molecule has 76 valence electrons. The Hall–Kier alpha value is -0.830. The van der Waals surface area contributed by atoms with Crippen LogP contribution in [0.25, 0.3) is 0 Å². The molecule has 0 unspecified atom stereocenters. The zero-order chi connectivity index (χ0) is 10.8. The summed E-state index contributed by atoms with van der Waals surface area (Å²) in [5.41, 5.74) is 0.623. The zero-order valence-corrected chi connectivity index (χ0v) is 9.86. The second-order valence-electron chi connectivity index (χ2n) is 2.94. The number of ketones is 1. The average Bonchev–Trinajstić information content (AvgIpc) is 2.65. The van der Waals surface area contributed by atoms with Crippen molar-refractivity contribution >= 4 is 40.3 Å². The molecule has 2 aromatic rings. The lowest BCUT2D eigenvalue weighted by Crippen LogP contribution is -1.97. The van der Waals surface area contributed by atoms with Crippen LogP contribution in [0.15, 0.2) is 36.4 Å². The number of benzene rings is 1. The molecule has 0 aliphatic rings. The summed E-state index contributed by atoms with van der Waals surface area (Å²) >= 11 is 12.8. The largest absolute Gasteiger partial charge is 0.288 e. The highest BCUT2D eigenvalue weighted by atomic mass is 35.5. The Bertz CT molecular complexity index is 488. The first-order chi connectivity index (χ1) is 7.16. The van der Waals surface area contributed by atoms with Gasteiger partial charge in [0.25, 0.3) is 0 Å². The topological polar surface area (TPSA) is 17.1 Å². The SMILES string of the molecule is O=C(c1ccc(Cl)cc1)c1ccc(Cl)s1. The maximum atomic E-state index is 11.9. The smallest absolute Gasteiger partial charge is 0.202 e. The fourth-order valence-electron chi connectivity index (χ4n) is 1.18. The van der Waals surface area contributed by atoms with Crippen molar-refractivity contribution in [3.63, 3.8) is 0 Å². The van der Waals surface area contributed by atoms with E-state index in [4.69, 9.17) is 23.2 Å². The number of thiophene rings is 1. The predicted molar refractivity (Wildman–Crippen MR) is 64.2 cm³/mol. The number of hydrogen-bond acceptors (Lipinski definition) is 2.